The molecule has 0 atom stereocenters. The van der Waals surface area contributed by atoms with Crippen LogP contribution in [0, 0.1) is 5.41 Å². The van der Waals surface area contributed by atoms with Gasteiger partial charge in [0.15, 0.2) is 0 Å². The van der Waals surface area contributed by atoms with Crippen LogP contribution in [0.2, 0.25) is 0 Å². The maximum Gasteiger partial charge on any atom is 0.328 e. The van der Waals surface area contributed by atoms with Crippen LogP contribution >= 0.6 is 0 Å². The Morgan fingerprint density at radius 3 is 1.77 bits per heavy atom. The van der Waals surface area contributed by atoms with E-state index in [1.54, 1.807) is 13.8 Å². The Balaban J connectivity index is 3.91. The second-order valence-corrected chi connectivity index (χ2v) is 5.35. The van der Waals surface area contributed by atoms with Gasteiger partial charge < -0.3 is 20.5 Å². The van der Waals surface area contributed by atoms with Crippen LogP contribution in [-0.2, 0) is 22.4 Å². The highest BCUT2D eigenvalue weighted by Crippen LogP contribution is 2.41. The summed E-state index contributed by atoms with van der Waals surface area (Å²) in [6.45, 7) is 6.08. The van der Waals surface area contributed by atoms with E-state index in [4.69, 9.17) is 20.6 Å². The highest BCUT2D eigenvalue weighted by atomic mass is 16.5. The van der Waals surface area contributed by atoms with Crippen LogP contribution in [-0.4, -0.2) is 31.0 Å². The van der Waals surface area contributed by atoms with Gasteiger partial charge in [0.25, 0.3) is 0 Å². The van der Waals surface area contributed by atoms with E-state index in [9.17, 15) is 14.4 Å². The number of nitrogens with zero attached hydrogens (tertiary/aromatic N) is 1. The SMILES string of the molecule is CCc1c(OC(C)=O)cc(OC(C)=O)c(CC)c1N(C(=N)N)C(=O)NC. The molecular weight excluding hydrogens is 340 g/mol. The van der Waals surface area contributed by atoms with Gasteiger partial charge in [-0.3, -0.25) is 15.0 Å². The first-order valence-electron chi connectivity index (χ1n) is 8.09. The number of nitrogens with one attached hydrogen (secondary N) is 2. The molecule has 0 heterocycles. The van der Waals surface area contributed by atoms with Crippen molar-refractivity contribution in [3.63, 3.8) is 0 Å². The summed E-state index contributed by atoms with van der Waals surface area (Å²) in [6, 6.07) is 0.794. The first kappa shape index (κ1) is 20.9. The molecule has 1 rings (SSSR count). The van der Waals surface area contributed by atoms with E-state index >= 15 is 0 Å². The lowest BCUT2D eigenvalue weighted by Gasteiger charge is -2.27. The van der Waals surface area contributed by atoms with Crippen LogP contribution in [0.4, 0.5) is 10.5 Å². The van der Waals surface area contributed by atoms with Crippen LogP contribution in [0.25, 0.3) is 0 Å². The van der Waals surface area contributed by atoms with Crippen molar-refractivity contribution >= 4 is 29.6 Å². The first-order chi connectivity index (χ1) is 12.2. The molecule has 26 heavy (non-hydrogen) atoms. The summed E-state index contributed by atoms with van der Waals surface area (Å²) in [4.78, 5) is 36.3. The minimum Gasteiger partial charge on any atom is -0.426 e. The predicted molar refractivity (Wildman–Crippen MR) is 96.7 cm³/mol. The molecule has 0 bridgehead atoms. The molecule has 0 aliphatic heterocycles. The fraction of sp³-hybridized carbons (Fsp3) is 0.412. The third-order valence-electron chi connectivity index (χ3n) is 3.52. The highest BCUT2D eigenvalue weighted by Gasteiger charge is 2.28. The lowest BCUT2D eigenvalue weighted by atomic mass is 9.99. The average Bonchev–Trinajstić information content (AvgIpc) is 2.53. The van der Waals surface area contributed by atoms with Crippen molar-refractivity contribution in [3.8, 4) is 11.5 Å². The molecule has 0 fully saturated rings. The van der Waals surface area contributed by atoms with Gasteiger partial charge in [0.2, 0.25) is 5.96 Å². The standard InChI is InChI=1S/C17H24N4O5/c1-6-11-13(25-9(3)22)8-14(26-10(4)23)12(7-2)15(11)21(16(18)19)17(24)20-5/h8H,6-7H2,1-5H3,(H3,18,19)(H,20,24). The summed E-state index contributed by atoms with van der Waals surface area (Å²) in [5.41, 5.74) is 6.87. The molecule has 1 aromatic rings. The molecule has 0 aliphatic carbocycles. The number of guanidine groups is 1. The van der Waals surface area contributed by atoms with E-state index in [0.717, 1.165) is 4.90 Å². The smallest absolute Gasteiger partial charge is 0.328 e. The number of esters is 2. The Morgan fingerprint density at radius 1 is 1.08 bits per heavy atom. The normalized spacial score (nSPS) is 10.0. The third-order valence-corrected chi connectivity index (χ3v) is 3.52. The van der Waals surface area contributed by atoms with E-state index in [0.29, 0.717) is 24.0 Å². The summed E-state index contributed by atoms with van der Waals surface area (Å²) in [7, 11) is 1.40. The molecule has 0 radical (unpaired) electrons. The summed E-state index contributed by atoms with van der Waals surface area (Å²) < 4.78 is 10.5. The third kappa shape index (κ3) is 4.50. The predicted octanol–water partition coefficient (Wildman–Crippen LogP) is 1.70. The number of carbonyl (C=O) groups excluding carboxylic acids is 3. The zero-order valence-electron chi connectivity index (χ0n) is 15.6. The van der Waals surface area contributed by atoms with E-state index in [-0.39, 0.29) is 17.2 Å². The van der Waals surface area contributed by atoms with Gasteiger partial charge in [0.05, 0.1) is 5.69 Å². The lowest BCUT2D eigenvalue weighted by molar-refractivity contribution is -0.132. The molecule has 0 aromatic heterocycles. The average molecular weight is 364 g/mol. The number of urea groups is 1. The monoisotopic (exact) mass is 364 g/mol. The van der Waals surface area contributed by atoms with Crippen LogP contribution in [0.3, 0.4) is 0 Å². The number of nitrogens with two attached hydrogens (primary N) is 1. The van der Waals surface area contributed by atoms with Gasteiger partial charge in [-0.2, -0.15) is 0 Å². The summed E-state index contributed by atoms with van der Waals surface area (Å²) in [5, 5.41) is 10.2. The molecule has 0 saturated carbocycles. The Labute approximate surface area is 151 Å². The number of hydrogen-bond acceptors (Lipinski definition) is 6. The molecule has 1 aromatic carbocycles. The topological polar surface area (TPSA) is 135 Å². The van der Waals surface area contributed by atoms with Crippen LogP contribution in [0.5, 0.6) is 11.5 Å². The van der Waals surface area contributed by atoms with Gasteiger partial charge in [0.1, 0.15) is 11.5 Å². The number of anilines is 1. The number of ether oxygens (including phenoxy) is 2. The quantitative estimate of drug-likeness (QED) is 0.315. The number of rotatable bonds is 5. The van der Waals surface area contributed by atoms with E-state index < -0.39 is 23.9 Å². The second-order valence-electron chi connectivity index (χ2n) is 5.35. The fourth-order valence-corrected chi connectivity index (χ4v) is 2.60. The molecule has 9 nitrogen and oxygen atoms in total. The second kappa shape index (κ2) is 8.84. The molecule has 4 N–H and O–H groups in total. The molecule has 0 spiro atoms. The summed E-state index contributed by atoms with van der Waals surface area (Å²) >= 11 is 0. The summed E-state index contributed by atoms with van der Waals surface area (Å²) in [6.07, 6.45) is 0.762. The molecule has 0 aliphatic rings. The molecule has 9 heteroatoms. The van der Waals surface area contributed by atoms with E-state index in [2.05, 4.69) is 5.32 Å². The minimum absolute atomic E-state index is 0.138. The minimum atomic E-state index is -0.643. The molecule has 2 amide bonds. The largest absolute Gasteiger partial charge is 0.426 e. The maximum absolute atomic E-state index is 12.3. The van der Waals surface area contributed by atoms with Crippen molar-refractivity contribution < 1.29 is 23.9 Å². The number of amides is 2. The van der Waals surface area contributed by atoms with Crippen molar-refractivity contribution in [1.82, 2.24) is 5.32 Å². The Hall–Kier alpha value is -3.10. The van der Waals surface area contributed by atoms with Crippen LogP contribution < -0.4 is 25.4 Å². The Bertz CT molecular complexity index is 703. The van der Waals surface area contributed by atoms with Gasteiger partial charge in [-0.1, -0.05) is 13.8 Å². The van der Waals surface area contributed by atoms with Gasteiger partial charge in [-0.05, 0) is 12.8 Å². The van der Waals surface area contributed by atoms with Crippen molar-refractivity contribution in [2.24, 2.45) is 5.73 Å². The molecule has 142 valence electrons. The van der Waals surface area contributed by atoms with Gasteiger partial charge in [-0.15, -0.1) is 0 Å². The van der Waals surface area contributed by atoms with Gasteiger partial charge in [-0.25, -0.2) is 9.69 Å². The van der Waals surface area contributed by atoms with Crippen molar-refractivity contribution in [2.75, 3.05) is 11.9 Å². The zero-order valence-corrected chi connectivity index (χ0v) is 15.6. The molecular formula is C17H24N4O5. The van der Waals surface area contributed by atoms with Gasteiger partial charge in [0, 0.05) is 38.1 Å². The number of hydrogen-bond donors (Lipinski definition) is 3. The first-order valence-corrected chi connectivity index (χ1v) is 8.09. The fourth-order valence-electron chi connectivity index (χ4n) is 2.60. The van der Waals surface area contributed by atoms with Gasteiger partial charge >= 0.3 is 18.0 Å². The van der Waals surface area contributed by atoms with Crippen LogP contribution in [0.1, 0.15) is 38.8 Å². The van der Waals surface area contributed by atoms with Crippen molar-refractivity contribution in [3.05, 3.63) is 17.2 Å². The Morgan fingerprint density at radius 2 is 1.50 bits per heavy atom. The van der Waals surface area contributed by atoms with Crippen LogP contribution in [0.15, 0.2) is 6.07 Å². The Kier molecular flexibility index (Phi) is 7.12. The van der Waals surface area contributed by atoms with Crippen molar-refractivity contribution in [2.45, 2.75) is 40.5 Å². The van der Waals surface area contributed by atoms with E-state index in [1.807, 2.05) is 0 Å². The summed E-state index contributed by atoms with van der Waals surface area (Å²) in [5.74, 6) is -1.39. The maximum atomic E-state index is 12.3. The molecule has 0 unspecified atom stereocenters. The van der Waals surface area contributed by atoms with E-state index in [1.165, 1.54) is 27.0 Å². The molecule has 0 saturated heterocycles. The number of benzene rings is 1. The lowest BCUT2D eigenvalue weighted by Crippen LogP contribution is -2.47. The highest BCUT2D eigenvalue weighted by molar-refractivity contribution is 6.15. The zero-order chi connectivity index (χ0) is 20.0. The number of carbonyl (C=O) groups is 3. The van der Waals surface area contributed by atoms with Crippen molar-refractivity contribution in [1.29, 1.82) is 5.41 Å².